The number of hydrogen-bond donors (Lipinski definition) is 1. The van der Waals surface area contributed by atoms with Crippen LogP contribution in [0, 0.1) is 5.92 Å². The van der Waals surface area contributed by atoms with Crippen molar-refractivity contribution in [3.05, 3.63) is 12.3 Å². The van der Waals surface area contributed by atoms with Gasteiger partial charge in [0, 0.05) is 5.92 Å². The van der Waals surface area contributed by atoms with Crippen molar-refractivity contribution in [3.8, 4) is 0 Å². The summed E-state index contributed by atoms with van der Waals surface area (Å²) in [6.45, 7) is 0. The van der Waals surface area contributed by atoms with Gasteiger partial charge in [-0.3, -0.25) is 0 Å². The summed E-state index contributed by atoms with van der Waals surface area (Å²) in [5, 5.41) is 9.23. The van der Waals surface area contributed by atoms with Crippen molar-refractivity contribution in [1.82, 2.24) is 0 Å². The van der Waals surface area contributed by atoms with Crippen molar-refractivity contribution in [2.24, 2.45) is 5.92 Å². The molecule has 0 amide bonds. The number of fused-ring (bicyclic) bond motifs is 1. The van der Waals surface area contributed by atoms with Crippen molar-refractivity contribution >= 4 is 0 Å². The summed E-state index contributed by atoms with van der Waals surface area (Å²) in [6, 6.07) is 0. The molecule has 3 atom stereocenters. The molecule has 1 N–H and O–H groups in total. The predicted molar refractivity (Wildman–Crippen MR) is 32.7 cm³/mol. The fourth-order valence-corrected chi connectivity index (χ4v) is 1.61. The first-order valence-electron chi connectivity index (χ1n) is 3.38. The van der Waals surface area contributed by atoms with E-state index in [-0.39, 0.29) is 12.2 Å². The van der Waals surface area contributed by atoms with Crippen LogP contribution in [0.4, 0.5) is 0 Å². The SMILES string of the molecule is OC1CCC2C=COC12. The summed E-state index contributed by atoms with van der Waals surface area (Å²) < 4.78 is 5.16. The van der Waals surface area contributed by atoms with E-state index in [0.717, 1.165) is 12.8 Å². The number of aliphatic hydroxyl groups is 1. The molecule has 0 bridgehead atoms. The molecule has 50 valence electrons. The average molecular weight is 126 g/mol. The largest absolute Gasteiger partial charge is 0.495 e. The van der Waals surface area contributed by atoms with Gasteiger partial charge < -0.3 is 9.84 Å². The molecule has 1 saturated carbocycles. The topological polar surface area (TPSA) is 29.5 Å². The number of ether oxygens (including phenoxy) is 1. The van der Waals surface area contributed by atoms with Crippen LogP contribution in [0.2, 0.25) is 0 Å². The van der Waals surface area contributed by atoms with E-state index in [0.29, 0.717) is 5.92 Å². The van der Waals surface area contributed by atoms with Crippen LogP contribution in [0.5, 0.6) is 0 Å². The highest BCUT2D eigenvalue weighted by molar-refractivity contribution is 5.02. The summed E-state index contributed by atoms with van der Waals surface area (Å²) in [6.07, 6.45) is 5.61. The van der Waals surface area contributed by atoms with Crippen molar-refractivity contribution in [2.75, 3.05) is 0 Å². The van der Waals surface area contributed by atoms with Crippen molar-refractivity contribution in [1.29, 1.82) is 0 Å². The summed E-state index contributed by atoms with van der Waals surface area (Å²) in [5.74, 6) is 0.500. The molecule has 0 saturated heterocycles. The van der Waals surface area contributed by atoms with Crippen LogP contribution >= 0.6 is 0 Å². The van der Waals surface area contributed by atoms with Gasteiger partial charge in [0.15, 0.2) is 0 Å². The third kappa shape index (κ3) is 0.663. The molecule has 0 aromatic heterocycles. The molecule has 2 aliphatic rings. The lowest BCUT2D eigenvalue weighted by Gasteiger charge is -2.11. The van der Waals surface area contributed by atoms with E-state index >= 15 is 0 Å². The highest BCUT2D eigenvalue weighted by Crippen LogP contribution is 2.33. The van der Waals surface area contributed by atoms with Crippen LogP contribution in [0.1, 0.15) is 12.8 Å². The first-order chi connectivity index (χ1) is 4.38. The van der Waals surface area contributed by atoms with Crippen LogP contribution in [-0.2, 0) is 4.74 Å². The molecule has 0 aromatic rings. The Balaban J connectivity index is 2.13. The summed E-state index contributed by atoms with van der Waals surface area (Å²) in [7, 11) is 0. The van der Waals surface area contributed by atoms with E-state index < -0.39 is 0 Å². The average Bonchev–Trinajstić information content (AvgIpc) is 2.35. The number of rotatable bonds is 0. The molecule has 0 spiro atoms. The smallest absolute Gasteiger partial charge is 0.130 e. The van der Waals surface area contributed by atoms with Gasteiger partial charge in [-0.25, -0.2) is 0 Å². The molecule has 2 nitrogen and oxygen atoms in total. The zero-order valence-electron chi connectivity index (χ0n) is 5.16. The van der Waals surface area contributed by atoms with Gasteiger partial charge in [-0.1, -0.05) is 0 Å². The van der Waals surface area contributed by atoms with Crippen LogP contribution in [0.3, 0.4) is 0 Å². The van der Waals surface area contributed by atoms with Gasteiger partial charge in [0.1, 0.15) is 6.10 Å². The Hall–Kier alpha value is -0.500. The maximum absolute atomic E-state index is 9.23. The highest BCUT2D eigenvalue weighted by Gasteiger charge is 2.37. The second-order valence-corrected chi connectivity index (χ2v) is 2.74. The van der Waals surface area contributed by atoms with E-state index in [2.05, 4.69) is 0 Å². The molecule has 1 aliphatic carbocycles. The maximum Gasteiger partial charge on any atom is 0.130 e. The predicted octanol–water partition coefficient (Wildman–Crippen LogP) is 0.670. The molecule has 1 heterocycles. The zero-order valence-corrected chi connectivity index (χ0v) is 5.16. The summed E-state index contributed by atoms with van der Waals surface area (Å²) in [5.41, 5.74) is 0. The second kappa shape index (κ2) is 1.74. The molecule has 0 aromatic carbocycles. The van der Waals surface area contributed by atoms with E-state index in [1.54, 1.807) is 6.26 Å². The Labute approximate surface area is 54.1 Å². The molecule has 1 fully saturated rings. The minimum absolute atomic E-state index is 0.0880. The Morgan fingerprint density at radius 1 is 1.44 bits per heavy atom. The van der Waals surface area contributed by atoms with E-state index in [1.165, 1.54) is 0 Å². The van der Waals surface area contributed by atoms with Gasteiger partial charge in [-0.2, -0.15) is 0 Å². The highest BCUT2D eigenvalue weighted by atomic mass is 16.5. The van der Waals surface area contributed by atoms with Crippen LogP contribution in [-0.4, -0.2) is 17.3 Å². The lowest BCUT2D eigenvalue weighted by atomic mass is 10.1. The molecule has 1 aliphatic heterocycles. The third-order valence-electron chi connectivity index (χ3n) is 2.16. The number of aliphatic hydroxyl groups excluding tert-OH is 1. The van der Waals surface area contributed by atoms with Gasteiger partial charge in [0.25, 0.3) is 0 Å². The van der Waals surface area contributed by atoms with E-state index in [9.17, 15) is 5.11 Å². The van der Waals surface area contributed by atoms with E-state index in [4.69, 9.17) is 4.74 Å². The van der Waals surface area contributed by atoms with Crippen molar-refractivity contribution < 1.29 is 9.84 Å². The minimum atomic E-state index is -0.218. The first kappa shape index (κ1) is 5.30. The lowest BCUT2D eigenvalue weighted by Crippen LogP contribution is -2.22. The molecule has 2 rings (SSSR count). The second-order valence-electron chi connectivity index (χ2n) is 2.74. The lowest BCUT2D eigenvalue weighted by molar-refractivity contribution is 0.0323. The van der Waals surface area contributed by atoms with Gasteiger partial charge in [-0.05, 0) is 18.9 Å². The Bertz CT molecular complexity index is 142. The summed E-state index contributed by atoms with van der Waals surface area (Å²) >= 11 is 0. The molecular formula is C7H10O2. The van der Waals surface area contributed by atoms with Gasteiger partial charge >= 0.3 is 0 Å². The Morgan fingerprint density at radius 2 is 2.33 bits per heavy atom. The van der Waals surface area contributed by atoms with Crippen molar-refractivity contribution in [2.45, 2.75) is 25.0 Å². The summed E-state index contributed by atoms with van der Waals surface area (Å²) in [4.78, 5) is 0. The standard InChI is InChI=1S/C7H10O2/c8-6-2-1-5-3-4-9-7(5)6/h3-8H,1-2H2. The quantitative estimate of drug-likeness (QED) is 0.517. The normalized spacial score (nSPS) is 47.0. The minimum Gasteiger partial charge on any atom is -0.495 e. The van der Waals surface area contributed by atoms with Gasteiger partial charge in [0.2, 0.25) is 0 Å². The molecule has 9 heavy (non-hydrogen) atoms. The third-order valence-corrected chi connectivity index (χ3v) is 2.16. The number of hydrogen-bond acceptors (Lipinski definition) is 2. The van der Waals surface area contributed by atoms with Crippen LogP contribution in [0.15, 0.2) is 12.3 Å². The molecule has 2 heteroatoms. The zero-order chi connectivity index (χ0) is 6.27. The maximum atomic E-state index is 9.23. The van der Waals surface area contributed by atoms with Crippen molar-refractivity contribution in [3.63, 3.8) is 0 Å². The van der Waals surface area contributed by atoms with Crippen LogP contribution < -0.4 is 0 Å². The van der Waals surface area contributed by atoms with Gasteiger partial charge in [-0.15, -0.1) is 0 Å². The van der Waals surface area contributed by atoms with Crippen LogP contribution in [0.25, 0.3) is 0 Å². The monoisotopic (exact) mass is 126 g/mol. The molecule has 0 radical (unpaired) electrons. The molecular weight excluding hydrogens is 116 g/mol. The fraction of sp³-hybridized carbons (Fsp3) is 0.714. The molecule has 3 unspecified atom stereocenters. The Kier molecular flexibility index (Phi) is 1.02. The van der Waals surface area contributed by atoms with Gasteiger partial charge in [0.05, 0.1) is 12.4 Å². The fourth-order valence-electron chi connectivity index (χ4n) is 1.61. The Morgan fingerprint density at radius 3 is 3.11 bits per heavy atom. The first-order valence-corrected chi connectivity index (χ1v) is 3.38. The van der Waals surface area contributed by atoms with E-state index in [1.807, 2.05) is 6.08 Å².